The summed E-state index contributed by atoms with van der Waals surface area (Å²) in [5, 5.41) is 3.56. The van der Waals surface area contributed by atoms with Crippen LogP contribution in [0.4, 0.5) is 14.5 Å². The molecule has 2 atom stereocenters. The molecule has 4 nitrogen and oxygen atoms in total. The van der Waals surface area contributed by atoms with Gasteiger partial charge in [-0.05, 0) is 61.8 Å². The second kappa shape index (κ2) is 6.50. The number of nitrogens with zero attached hydrogens (tertiary/aromatic N) is 1. The number of hydrogen-bond acceptors (Lipinski definition) is 4. The van der Waals surface area contributed by atoms with E-state index in [4.69, 9.17) is 0 Å². The van der Waals surface area contributed by atoms with Crippen molar-refractivity contribution in [1.29, 1.82) is 0 Å². The highest BCUT2D eigenvalue weighted by Crippen LogP contribution is 2.40. The van der Waals surface area contributed by atoms with E-state index >= 15 is 0 Å². The Hall–Kier alpha value is -1.21. The normalized spacial score (nSPS) is 30.4. The van der Waals surface area contributed by atoms with E-state index in [0.29, 0.717) is 17.9 Å². The maximum absolute atomic E-state index is 12.6. The second-order valence-electron chi connectivity index (χ2n) is 7.64. The zero-order valence-electron chi connectivity index (χ0n) is 14.1. The molecule has 3 fully saturated rings. The monoisotopic (exact) mass is 370 g/mol. The van der Waals surface area contributed by atoms with Crippen molar-refractivity contribution >= 4 is 15.5 Å². The summed E-state index contributed by atoms with van der Waals surface area (Å²) in [7, 11) is -4.52. The second-order valence-corrected chi connectivity index (χ2v) is 9.55. The Morgan fingerprint density at radius 3 is 2.12 bits per heavy atom. The molecule has 1 N–H and O–H groups in total. The zero-order chi connectivity index (χ0) is 17.6. The zero-order valence-corrected chi connectivity index (χ0v) is 14.9. The molecular formula is C18H24F2N2O2S. The van der Waals surface area contributed by atoms with Crippen molar-refractivity contribution in [2.24, 2.45) is 11.8 Å². The van der Waals surface area contributed by atoms with Gasteiger partial charge in [-0.15, -0.1) is 0 Å². The summed E-state index contributed by atoms with van der Waals surface area (Å²) in [6.45, 7) is 2.27. The quantitative estimate of drug-likeness (QED) is 0.864. The van der Waals surface area contributed by atoms with Crippen LogP contribution >= 0.6 is 0 Å². The van der Waals surface area contributed by atoms with Gasteiger partial charge >= 0.3 is 5.76 Å². The van der Waals surface area contributed by atoms with Crippen LogP contribution in [-0.2, 0) is 9.84 Å². The number of piperidine rings is 1. The summed E-state index contributed by atoms with van der Waals surface area (Å²) < 4.78 is 48.3. The lowest BCUT2D eigenvalue weighted by Gasteiger charge is -2.48. The number of fused-ring (bicyclic) bond motifs is 2. The van der Waals surface area contributed by atoms with Crippen molar-refractivity contribution in [2.75, 3.05) is 18.4 Å². The Kier molecular flexibility index (Phi) is 4.48. The minimum atomic E-state index is -4.52. The van der Waals surface area contributed by atoms with Crippen molar-refractivity contribution in [3.05, 3.63) is 24.3 Å². The van der Waals surface area contributed by atoms with E-state index in [1.54, 1.807) is 12.1 Å². The third-order valence-electron chi connectivity index (χ3n) is 5.92. The lowest BCUT2D eigenvalue weighted by atomic mass is 9.73. The van der Waals surface area contributed by atoms with E-state index in [2.05, 4.69) is 10.2 Å². The molecule has 25 heavy (non-hydrogen) atoms. The van der Waals surface area contributed by atoms with Gasteiger partial charge in [0.25, 0.3) is 0 Å². The summed E-state index contributed by atoms with van der Waals surface area (Å²) in [4.78, 5) is 2.32. The lowest BCUT2D eigenvalue weighted by Crippen LogP contribution is -2.54. The van der Waals surface area contributed by atoms with Crippen molar-refractivity contribution in [1.82, 2.24) is 4.90 Å². The number of nitrogens with one attached hydrogen (secondary N) is 1. The smallest absolute Gasteiger partial charge is 0.341 e. The Morgan fingerprint density at radius 1 is 1.00 bits per heavy atom. The number of anilines is 1. The van der Waals surface area contributed by atoms with Gasteiger partial charge in [0, 0.05) is 30.9 Å². The standard InChI is InChI=1S/C18H24F2N2O2S/c19-18(20)25(23,24)16-8-4-14(5-9-16)21-17-12-2-1-3-13(17)11-22(10-12)15-6-7-15/h4-5,8-9,12-13,15,17-18,21H,1-3,6-7,10-11H2/t12-,13-/m0/s1. The van der Waals surface area contributed by atoms with Crippen molar-refractivity contribution < 1.29 is 17.2 Å². The lowest BCUT2D eigenvalue weighted by molar-refractivity contribution is 0.0666. The van der Waals surface area contributed by atoms with Gasteiger partial charge in [0.15, 0.2) is 0 Å². The molecule has 4 rings (SSSR count). The van der Waals surface area contributed by atoms with Gasteiger partial charge in [-0.1, -0.05) is 6.42 Å². The summed E-state index contributed by atoms with van der Waals surface area (Å²) in [5.41, 5.74) is 0.815. The molecule has 1 saturated heterocycles. The van der Waals surface area contributed by atoms with E-state index in [9.17, 15) is 17.2 Å². The van der Waals surface area contributed by atoms with Crippen LogP contribution in [0.2, 0.25) is 0 Å². The molecule has 2 bridgehead atoms. The van der Waals surface area contributed by atoms with Gasteiger partial charge in [0.2, 0.25) is 9.84 Å². The van der Waals surface area contributed by atoms with Crippen LogP contribution in [0.1, 0.15) is 32.1 Å². The van der Waals surface area contributed by atoms with Gasteiger partial charge in [0.05, 0.1) is 4.90 Å². The van der Waals surface area contributed by atoms with Crippen molar-refractivity contribution in [3.63, 3.8) is 0 Å². The molecule has 0 radical (unpaired) electrons. The molecule has 2 aliphatic carbocycles. The first kappa shape index (κ1) is 17.2. The molecule has 2 saturated carbocycles. The van der Waals surface area contributed by atoms with E-state index in [1.807, 2.05) is 0 Å². The average molecular weight is 370 g/mol. The molecule has 0 unspecified atom stereocenters. The fourth-order valence-corrected chi connectivity index (χ4v) is 5.20. The first-order valence-corrected chi connectivity index (χ1v) is 10.6. The van der Waals surface area contributed by atoms with Crippen LogP contribution in [-0.4, -0.2) is 44.2 Å². The third kappa shape index (κ3) is 3.40. The molecule has 1 aromatic carbocycles. The maximum Gasteiger partial charge on any atom is 0.341 e. The average Bonchev–Trinajstić information content (AvgIpc) is 3.40. The Bertz CT molecular complexity index is 705. The molecule has 0 amide bonds. The topological polar surface area (TPSA) is 49.4 Å². The Labute approximate surface area is 147 Å². The molecule has 7 heteroatoms. The predicted molar refractivity (Wildman–Crippen MR) is 92.5 cm³/mol. The SMILES string of the molecule is O=S(=O)(c1ccc(NC2[C@H]3CCC[C@H]2CN(C2CC2)C3)cc1)C(F)F. The number of rotatable bonds is 5. The van der Waals surface area contributed by atoms with Crippen LogP contribution in [0.15, 0.2) is 29.2 Å². The highest BCUT2D eigenvalue weighted by Gasteiger charge is 2.43. The number of alkyl halides is 2. The van der Waals surface area contributed by atoms with Gasteiger partial charge in [-0.25, -0.2) is 8.42 Å². The van der Waals surface area contributed by atoms with Gasteiger partial charge in [-0.2, -0.15) is 8.78 Å². The minimum Gasteiger partial charge on any atom is -0.382 e. The van der Waals surface area contributed by atoms with E-state index < -0.39 is 15.6 Å². The fraction of sp³-hybridized carbons (Fsp3) is 0.667. The summed E-state index contributed by atoms with van der Waals surface area (Å²) >= 11 is 0. The van der Waals surface area contributed by atoms with Crippen molar-refractivity contribution in [2.45, 2.75) is 54.8 Å². The molecule has 3 aliphatic rings. The van der Waals surface area contributed by atoms with E-state index in [1.165, 1.54) is 44.2 Å². The van der Waals surface area contributed by atoms with Gasteiger partial charge in [0.1, 0.15) is 0 Å². The summed E-state index contributed by atoms with van der Waals surface area (Å²) in [6, 6.07) is 6.96. The first-order valence-electron chi connectivity index (χ1n) is 9.08. The van der Waals surface area contributed by atoms with E-state index in [0.717, 1.165) is 24.8 Å². The maximum atomic E-state index is 12.6. The summed E-state index contributed by atoms with van der Waals surface area (Å²) in [6.07, 6.45) is 6.37. The Balaban J connectivity index is 1.46. The largest absolute Gasteiger partial charge is 0.382 e. The van der Waals surface area contributed by atoms with Crippen molar-refractivity contribution in [3.8, 4) is 0 Å². The molecule has 0 aromatic heterocycles. The van der Waals surface area contributed by atoms with Crippen LogP contribution in [0.3, 0.4) is 0 Å². The first-order chi connectivity index (χ1) is 11.9. The Morgan fingerprint density at radius 2 is 1.60 bits per heavy atom. The number of sulfone groups is 1. The molecule has 1 aliphatic heterocycles. The third-order valence-corrected chi connectivity index (χ3v) is 7.32. The number of halogens is 2. The van der Waals surface area contributed by atoms with Crippen LogP contribution < -0.4 is 5.32 Å². The highest BCUT2D eigenvalue weighted by molar-refractivity contribution is 7.91. The number of likely N-dealkylation sites (tertiary alicyclic amines) is 1. The van der Waals surface area contributed by atoms with Crippen LogP contribution in [0, 0.1) is 11.8 Å². The summed E-state index contributed by atoms with van der Waals surface area (Å²) in [5.74, 6) is -2.16. The number of benzene rings is 1. The highest BCUT2D eigenvalue weighted by atomic mass is 32.2. The van der Waals surface area contributed by atoms with Gasteiger partial charge in [-0.3, -0.25) is 4.90 Å². The van der Waals surface area contributed by atoms with Gasteiger partial charge < -0.3 is 5.32 Å². The van der Waals surface area contributed by atoms with Crippen LogP contribution in [0.25, 0.3) is 0 Å². The molecule has 1 aromatic rings. The molecule has 138 valence electrons. The number of hydrogen-bond donors (Lipinski definition) is 1. The fourth-order valence-electron chi connectivity index (χ4n) is 4.48. The van der Waals surface area contributed by atoms with E-state index in [-0.39, 0.29) is 4.90 Å². The van der Waals surface area contributed by atoms with Crippen LogP contribution in [0.5, 0.6) is 0 Å². The minimum absolute atomic E-state index is 0.322. The molecular weight excluding hydrogens is 346 g/mol. The predicted octanol–water partition coefficient (Wildman–Crippen LogP) is 3.36. The molecule has 1 heterocycles. The molecule has 0 spiro atoms.